The monoisotopic (exact) mass is 473 g/mol. The smallest absolute Gasteiger partial charge is 0.282 e. The number of hydrogen-bond acceptors (Lipinski definition) is 5. The molecule has 1 saturated heterocycles. The summed E-state index contributed by atoms with van der Waals surface area (Å²) in [4.78, 5) is 3.93. The van der Waals surface area contributed by atoms with Crippen LogP contribution in [-0.4, -0.2) is 44.4 Å². The van der Waals surface area contributed by atoms with Crippen molar-refractivity contribution in [2.45, 2.75) is 50.5 Å². The van der Waals surface area contributed by atoms with Crippen LogP contribution in [0.2, 0.25) is 0 Å². The standard InChI is InChI=1S/C29H31NO5/c1-30-26-27(33-19-23-14-8-4-9-15-23)25(21-32-18-22-12-6-3-7-13-22)35-29(31-2)28(26)34-20-24-16-10-5-11-17-24/h3-17,25-29H,18-21H2,2H3/t25?,26-,27-,28?,29-/m0/s1. The number of ether oxygens (including phenoxy) is 5. The van der Waals surface area contributed by atoms with Gasteiger partial charge < -0.3 is 28.5 Å². The average Bonchev–Trinajstić information content (AvgIpc) is 2.92. The van der Waals surface area contributed by atoms with Crippen LogP contribution in [0.15, 0.2) is 91.0 Å². The zero-order chi connectivity index (χ0) is 24.3. The van der Waals surface area contributed by atoms with E-state index in [0.29, 0.717) is 19.8 Å². The van der Waals surface area contributed by atoms with Crippen LogP contribution in [-0.2, 0) is 43.5 Å². The molecule has 0 aliphatic carbocycles. The summed E-state index contributed by atoms with van der Waals surface area (Å²) in [6.45, 7) is 9.43. The second-order valence-electron chi connectivity index (χ2n) is 8.42. The van der Waals surface area contributed by atoms with E-state index in [1.54, 1.807) is 7.11 Å². The Kier molecular flexibility index (Phi) is 9.41. The Bertz CT molecular complexity index is 1040. The topological polar surface area (TPSA) is 50.5 Å². The molecular formula is C29H31NO5. The van der Waals surface area contributed by atoms with Gasteiger partial charge in [-0.05, 0) is 16.7 Å². The van der Waals surface area contributed by atoms with E-state index in [0.717, 1.165) is 16.7 Å². The summed E-state index contributed by atoms with van der Waals surface area (Å²) >= 11 is 0. The summed E-state index contributed by atoms with van der Waals surface area (Å²) in [5, 5.41) is 0. The molecule has 1 aliphatic heterocycles. The van der Waals surface area contributed by atoms with E-state index < -0.39 is 30.6 Å². The molecule has 35 heavy (non-hydrogen) atoms. The molecule has 1 heterocycles. The zero-order valence-electron chi connectivity index (χ0n) is 19.9. The molecule has 1 aliphatic rings. The van der Waals surface area contributed by atoms with E-state index in [-0.39, 0.29) is 6.61 Å². The highest BCUT2D eigenvalue weighted by Gasteiger charge is 2.52. The van der Waals surface area contributed by atoms with E-state index in [4.69, 9.17) is 30.3 Å². The van der Waals surface area contributed by atoms with Crippen LogP contribution in [0.4, 0.5) is 0 Å². The molecule has 4 rings (SSSR count). The predicted octanol–water partition coefficient (Wildman–Crippen LogP) is 5.03. The molecule has 3 aromatic carbocycles. The Morgan fingerprint density at radius 3 is 1.69 bits per heavy atom. The molecule has 182 valence electrons. The lowest BCUT2D eigenvalue weighted by Crippen LogP contribution is -2.59. The number of benzene rings is 3. The molecule has 0 spiro atoms. The fourth-order valence-corrected chi connectivity index (χ4v) is 4.15. The quantitative estimate of drug-likeness (QED) is 0.366. The number of nitrogens with zero attached hydrogens (tertiary/aromatic N) is 1. The highest BCUT2D eigenvalue weighted by molar-refractivity contribution is 5.16. The predicted molar refractivity (Wildman–Crippen MR) is 132 cm³/mol. The Hall–Kier alpha value is -3.05. The maximum absolute atomic E-state index is 8.00. The van der Waals surface area contributed by atoms with E-state index in [9.17, 15) is 0 Å². The molecule has 1 fully saturated rings. The fourth-order valence-electron chi connectivity index (χ4n) is 4.15. The fraction of sp³-hybridized carbons (Fsp3) is 0.345. The Balaban J connectivity index is 1.48. The minimum atomic E-state index is -0.709. The summed E-state index contributed by atoms with van der Waals surface area (Å²) in [5.74, 6) is 0. The Morgan fingerprint density at radius 1 is 0.714 bits per heavy atom. The van der Waals surface area contributed by atoms with Gasteiger partial charge in [-0.3, -0.25) is 0 Å². The molecule has 3 aromatic rings. The van der Waals surface area contributed by atoms with Crippen molar-refractivity contribution in [3.8, 4) is 0 Å². The maximum atomic E-state index is 8.00. The lowest BCUT2D eigenvalue weighted by molar-refractivity contribution is -0.285. The first-order valence-electron chi connectivity index (χ1n) is 11.8. The summed E-state index contributed by atoms with van der Waals surface area (Å²) in [6, 6.07) is 29.1. The lowest BCUT2D eigenvalue weighted by atomic mass is 9.96. The maximum Gasteiger partial charge on any atom is 0.282 e. The average molecular weight is 474 g/mol. The van der Waals surface area contributed by atoms with Gasteiger partial charge in [0.2, 0.25) is 0 Å². The first-order chi connectivity index (χ1) is 17.3. The minimum Gasteiger partial charge on any atom is -0.374 e. The van der Waals surface area contributed by atoms with Crippen molar-refractivity contribution in [1.82, 2.24) is 0 Å². The zero-order valence-corrected chi connectivity index (χ0v) is 19.9. The third-order valence-electron chi connectivity index (χ3n) is 5.96. The SMILES string of the molecule is [C-]#[N+][C@@H]1C(OCc2ccccc2)[C@@H](OC)OC(COCc2ccccc2)[C@@H]1OCc1ccccc1. The summed E-state index contributed by atoms with van der Waals surface area (Å²) < 4.78 is 30.4. The second kappa shape index (κ2) is 13.1. The summed E-state index contributed by atoms with van der Waals surface area (Å²) in [6.07, 6.45) is -2.35. The van der Waals surface area contributed by atoms with Gasteiger partial charge in [0.1, 0.15) is 6.10 Å². The van der Waals surface area contributed by atoms with Crippen molar-refractivity contribution in [3.63, 3.8) is 0 Å². The molecule has 6 heteroatoms. The van der Waals surface area contributed by atoms with E-state index >= 15 is 0 Å². The third kappa shape index (κ3) is 6.98. The van der Waals surface area contributed by atoms with Crippen molar-refractivity contribution in [2.75, 3.05) is 13.7 Å². The van der Waals surface area contributed by atoms with E-state index in [2.05, 4.69) is 4.85 Å². The Labute approximate surface area is 207 Å². The third-order valence-corrected chi connectivity index (χ3v) is 5.96. The van der Waals surface area contributed by atoms with Crippen molar-refractivity contribution < 1.29 is 23.7 Å². The molecule has 0 saturated carbocycles. The van der Waals surface area contributed by atoms with Crippen molar-refractivity contribution in [2.24, 2.45) is 0 Å². The van der Waals surface area contributed by atoms with Gasteiger partial charge in [0, 0.05) is 7.11 Å². The first kappa shape index (κ1) is 25.1. The van der Waals surface area contributed by atoms with E-state index in [1.165, 1.54) is 0 Å². The minimum absolute atomic E-state index is 0.269. The van der Waals surface area contributed by atoms with Crippen molar-refractivity contribution in [3.05, 3.63) is 119 Å². The van der Waals surface area contributed by atoms with Gasteiger partial charge in [0.05, 0.1) is 26.4 Å². The van der Waals surface area contributed by atoms with Gasteiger partial charge in [-0.25, -0.2) is 6.57 Å². The van der Waals surface area contributed by atoms with Crippen LogP contribution >= 0.6 is 0 Å². The van der Waals surface area contributed by atoms with Crippen molar-refractivity contribution >= 4 is 0 Å². The van der Waals surface area contributed by atoms with Crippen LogP contribution in [0.3, 0.4) is 0 Å². The number of methoxy groups -OCH3 is 1. The molecule has 2 unspecified atom stereocenters. The van der Waals surface area contributed by atoms with Gasteiger partial charge in [0.25, 0.3) is 6.04 Å². The molecule has 5 atom stereocenters. The lowest BCUT2D eigenvalue weighted by Gasteiger charge is -2.40. The number of rotatable bonds is 11. The van der Waals surface area contributed by atoms with Crippen LogP contribution in [0.25, 0.3) is 4.85 Å². The van der Waals surface area contributed by atoms with Crippen molar-refractivity contribution in [1.29, 1.82) is 0 Å². The first-order valence-corrected chi connectivity index (χ1v) is 11.8. The largest absolute Gasteiger partial charge is 0.374 e. The number of hydrogen-bond donors (Lipinski definition) is 0. The van der Waals surface area contributed by atoms with Gasteiger partial charge in [-0.1, -0.05) is 91.0 Å². The highest BCUT2D eigenvalue weighted by atomic mass is 16.7. The molecule has 0 radical (unpaired) electrons. The molecule has 0 aromatic heterocycles. The van der Waals surface area contributed by atoms with Gasteiger partial charge >= 0.3 is 0 Å². The Morgan fingerprint density at radius 2 is 1.20 bits per heavy atom. The van der Waals surface area contributed by atoms with Crippen LogP contribution < -0.4 is 0 Å². The summed E-state index contributed by atoms with van der Waals surface area (Å²) in [7, 11) is 1.57. The normalized spacial score (nSPS) is 24.1. The molecular weight excluding hydrogens is 442 g/mol. The van der Waals surface area contributed by atoms with E-state index in [1.807, 2.05) is 91.0 Å². The summed E-state index contributed by atoms with van der Waals surface area (Å²) in [5.41, 5.74) is 3.11. The van der Waals surface area contributed by atoms with Crippen LogP contribution in [0, 0.1) is 6.57 Å². The van der Waals surface area contributed by atoms with Crippen LogP contribution in [0.5, 0.6) is 0 Å². The molecule has 0 bridgehead atoms. The molecule has 0 N–H and O–H groups in total. The van der Waals surface area contributed by atoms with Gasteiger partial charge in [0.15, 0.2) is 18.5 Å². The second-order valence-corrected chi connectivity index (χ2v) is 8.42. The molecule has 6 nitrogen and oxygen atoms in total. The van der Waals surface area contributed by atoms with Gasteiger partial charge in [-0.2, -0.15) is 0 Å². The molecule has 0 amide bonds. The highest BCUT2D eigenvalue weighted by Crippen LogP contribution is 2.30. The van der Waals surface area contributed by atoms with Crippen LogP contribution in [0.1, 0.15) is 16.7 Å². The van der Waals surface area contributed by atoms with Gasteiger partial charge in [-0.15, -0.1) is 0 Å².